The van der Waals surface area contributed by atoms with Crippen LogP contribution < -0.4 is 0 Å². The van der Waals surface area contributed by atoms with Gasteiger partial charge >= 0.3 is 6.09 Å². The van der Waals surface area contributed by atoms with Gasteiger partial charge in [0.05, 0.1) is 17.8 Å². The van der Waals surface area contributed by atoms with Gasteiger partial charge in [-0.15, -0.1) is 0 Å². The summed E-state index contributed by atoms with van der Waals surface area (Å²) in [6.07, 6.45) is 1.17. The summed E-state index contributed by atoms with van der Waals surface area (Å²) in [7, 11) is 3.32. The first-order chi connectivity index (χ1) is 8.03. The average Bonchev–Trinajstić information content (AvgIpc) is 2.20. The number of rotatable bonds is 6. The van der Waals surface area contributed by atoms with Crippen molar-refractivity contribution in [3.63, 3.8) is 0 Å². The number of hydrogen-bond donors (Lipinski definition) is 0. The van der Waals surface area contributed by atoms with Gasteiger partial charge in [-0.1, -0.05) is 0 Å². The summed E-state index contributed by atoms with van der Waals surface area (Å²) in [5.41, 5.74) is -0.716. The van der Waals surface area contributed by atoms with Crippen molar-refractivity contribution in [3.8, 4) is 0 Å². The van der Waals surface area contributed by atoms with E-state index >= 15 is 0 Å². The maximum absolute atomic E-state index is 11.2. The molecule has 108 valence electrons. The molecule has 0 aromatic carbocycles. The summed E-state index contributed by atoms with van der Waals surface area (Å²) in [5, 5.41) is 0. The van der Waals surface area contributed by atoms with Gasteiger partial charge in [0.25, 0.3) is 0 Å². The molecule has 0 aliphatic heterocycles. The molecule has 5 nitrogen and oxygen atoms in total. The van der Waals surface area contributed by atoms with Crippen LogP contribution in [0.4, 0.5) is 4.79 Å². The Morgan fingerprint density at radius 3 is 2.06 bits per heavy atom. The van der Waals surface area contributed by atoms with Crippen molar-refractivity contribution in [1.82, 2.24) is 4.90 Å². The molecule has 0 bridgehead atoms. The maximum Gasteiger partial charge on any atom is 0.409 e. The summed E-state index contributed by atoms with van der Waals surface area (Å²) in [6.45, 7) is 10.1. The molecule has 0 spiro atoms. The van der Waals surface area contributed by atoms with Crippen molar-refractivity contribution in [3.05, 3.63) is 0 Å². The van der Waals surface area contributed by atoms with Crippen molar-refractivity contribution < 1.29 is 19.3 Å². The Morgan fingerprint density at radius 1 is 1.06 bits per heavy atom. The van der Waals surface area contributed by atoms with E-state index in [2.05, 4.69) is 0 Å². The molecule has 0 saturated heterocycles. The molecule has 0 fully saturated rings. The number of amides is 1. The lowest BCUT2D eigenvalue weighted by atomic mass is 10.0. The van der Waals surface area contributed by atoms with Crippen molar-refractivity contribution in [2.45, 2.75) is 58.7 Å². The summed E-state index contributed by atoms with van der Waals surface area (Å²) < 4.78 is 5.03. The van der Waals surface area contributed by atoms with Crippen molar-refractivity contribution in [1.29, 1.82) is 0 Å². The highest BCUT2D eigenvalue weighted by Gasteiger charge is 2.23. The van der Waals surface area contributed by atoms with Gasteiger partial charge in [0.2, 0.25) is 0 Å². The molecule has 0 heterocycles. The van der Waals surface area contributed by atoms with E-state index in [-0.39, 0.29) is 11.7 Å². The molecular weight excluding hydrogens is 234 g/mol. The average molecular weight is 261 g/mol. The van der Waals surface area contributed by atoms with Gasteiger partial charge in [-0.3, -0.25) is 0 Å². The topological polar surface area (TPSA) is 48.0 Å². The third-order valence-corrected chi connectivity index (χ3v) is 2.03. The molecule has 0 saturated carbocycles. The molecule has 0 aromatic heterocycles. The van der Waals surface area contributed by atoms with Gasteiger partial charge < -0.3 is 9.64 Å². The summed E-state index contributed by atoms with van der Waals surface area (Å²) in [5.74, 6) is 0. The van der Waals surface area contributed by atoms with E-state index in [9.17, 15) is 4.79 Å². The van der Waals surface area contributed by atoms with Gasteiger partial charge in [0, 0.05) is 14.1 Å². The number of nitrogens with zero attached hydrogens (tertiary/aromatic N) is 1. The Hall–Kier alpha value is -0.810. The molecule has 0 rings (SSSR count). The molecule has 0 atom stereocenters. The first-order valence-electron chi connectivity index (χ1n) is 6.24. The highest BCUT2D eigenvalue weighted by molar-refractivity contribution is 5.66. The smallest absolute Gasteiger partial charge is 0.409 e. The normalized spacial score (nSPS) is 12.4. The number of carbonyl (C=O) groups is 1. The zero-order chi connectivity index (χ0) is 14.4. The van der Waals surface area contributed by atoms with Crippen LogP contribution in [0.25, 0.3) is 0 Å². The van der Waals surface area contributed by atoms with Crippen molar-refractivity contribution >= 4 is 6.09 Å². The summed E-state index contributed by atoms with van der Waals surface area (Å²) in [6, 6.07) is 0. The molecule has 0 aromatic rings. The highest BCUT2D eigenvalue weighted by Crippen LogP contribution is 2.20. The largest absolute Gasteiger partial charge is 0.449 e. The first-order valence-corrected chi connectivity index (χ1v) is 6.24. The van der Waals surface area contributed by atoms with Crippen LogP contribution in [0.3, 0.4) is 0 Å². The minimum atomic E-state index is -0.391. The molecule has 0 N–H and O–H groups in total. The van der Waals surface area contributed by atoms with E-state index in [1.165, 1.54) is 4.90 Å². The third-order valence-electron chi connectivity index (χ3n) is 2.03. The summed E-state index contributed by atoms with van der Waals surface area (Å²) in [4.78, 5) is 23.3. The zero-order valence-electron chi connectivity index (χ0n) is 12.7. The van der Waals surface area contributed by atoms with Gasteiger partial charge in [-0.2, -0.15) is 0 Å². The van der Waals surface area contributed by atoms with Crippen LogP contribution in [0.15, 0.2) is 0 Å². The lowest BCUT2D eigenvalue weighted by Gasteiger charge is -2.28. The van der Waals surface area contributed by atoms with Gasteiger partial charge in [0.1, 0.15) is 0 Å². The minimum absolute atomic E-state index is 0.320. The van der Waals surface area contributed by atoms with E-state index in [1.54, 1.807) is 14.1 Å². The van der Waals surface area contributed by atoms with E-state index in [4.69, 9.17) is 14.5 Å². The van der Waals surface area contributed by atoms with Crippen molar-refractivity contribution in [2.24, 2.45) is 0 Å². The van der Waals surface area contributed by atoms with Crippen LogP contribution >= 0.6 is 0 Å². The predicted molar refractivity (Wildman–Crippen MR) is 70.3 cm³/mol. The zero-order valence-corrected chi connectivity index (χ0v) is 12.7. The van der Waals surface area contributed by atoms with E-state index < -0.39 is 5.60 Å². The molecule has 18 heavy (non-hydrogen) atoms. The molecule has 5 heteroatoms. The molecular formula is C13H27NO4. The Morgan fingerprint density at radius 2 is 1.61 bits per heavy atom. The standard InChI is InChI=1S/C13H27NO4/c1-12(2,3)17-18-13(4,5)9-8-10-16-11(15)14(6)7/h8-10H2,1-7H3. The van der Waals surface area contributed by atoms with E-state index in [1.807, 2.05) is 34.6 Å². The van der Waals surface area contributed by atoms with Crippen LogP contribution in [-0.2, 0) is 14.5 Å². The Labute approximate surface area is 110 Å². The van der Waals surface area contributed by atoms with E-state index in [0.29, 0.717) is 6.61 Å². The minimum Gasteiger partial charge on any atom is -0.449 e. The maximum atomic E-state index is 11.2. The lowest BCUT2D eigenvalue weighted by Crippen LogP contribution is -2.31. The second kappa shape index (κ2) is 6.95. The third kappa shape index (κ3) is 9.24. The first kappa shape index (κ1) is 17.2. The van der Waals surface area contributed by atoms with Gasteiger partial charge in [0.15, 0.2) is 0 Å². The fraction of sp³-hybridized carbons (Fsp3) is 0.923. The second-order valence-corrected chi connectivity index (χ2v) is 6.15. The summed E-state index contributed by atoms with van der Waals surface area (Å²) >= 11 is 0. The molecule has 0 aliphatic carbocycles. The Balaban J connectivity index is 3.80. The van der Waals surface area contributed by atoms with Crippen LogP contribution in [0.2, 0.25) is 0 Å². The van der Waals surface area contributed by atoms with Crippen LogP contribution in [0, 0.1) is 0 Å². The highest BCUT2D eigenvalue weighted by atomic mass is 17.2. The number of carbonyl (C=O) groups excluding carboxylic acids is 1. The molecule has 1 amide bonds. The number of hydrogen-bond acceptors (Lipinski definition) is 4. The van der Waals surface area contributed by atoms with E-state index in [0.717, 1.165) is 12.8 Å². The predicted octanol–water partition coefficient (Wildman–Crippen LogP) is 2.99. The monoisotopic (exact) mass is 261 g/mol. The van der Waals surface area contributed by atoms with Crippen LogP contribution in [0.5, 0.6) is 0 Å². The Kier molecular flexibility index (Phi) is 6.63. The fourth-order valence-corrected chi connectivity index (χ4v) is 1.07. The molecule has 0 aliphatic rings. The van der Waals surface area contributed by atoms with Gasteiger partial charge in [-0.05, 0) is 47.5 Å². The SMILES string of the molecule is CN(C)C(=O)OCCCC(C)(C)OOC(C)(C)C. The Bertz CT molecular complexity index is 256. The molecule has 0 unspecified atom stereocenters. The van der Waals surface area contributed by atoms with Crippen molar-refractivity contribution in [2.75, 3.05) is 20.7 Å². The fourth-order valence-electron chi connectivity index (χ4n) is 1.07. The molecule has 0 radical (unpaired) electrons. The van der Waals surface area contributed by atoms with Crippen LogP contribution in [-0.4, -0.2) is 42.9 Å². The van der Waals surface area contributed by atoms with Crippen LogP contribution in [0.1, 0.15) is 47.5 Å². The quantitative estimate of drug-likeness (QED) is 0.419. The number of ether oxygens (including phenoxy) is 1. The lowest BCUT2D eigenvalue weighted by molar-refractivity contribution is -0.398. The second-order valence-electron chi connectivity index (χ2n) is 6.15. The van der Waals surface area contributed by atoms with Gasteiger partial charge in [-0.25, -0.2) is 14.6 Å².